The van der Waals surface area contributed by atoms with Gasteiger partial charge in [0.15, 0.2) is 0 Å². The minimum absolute atomic E-state index is 0.0834. The summed E-state index contributed by atoms with van der Waals surface area (Å²) >= 11 is 0. The van der Waals surface area contributed by atoms with Crippen molar-refractivity contribution in [3.63, 3.8) is 0 Å². The summed E-state index contributed by atoms with van der Waals surface area (Å²) < 4.78 is 15.8. The summed E-state index contributed by atoms with van der Waals surface area (Å²) in [4.78, 5) is 34.9. The molecule has 0 bridgehead atoms. The molecule has 9 nitrogen and oxygen atoms in total. The predicted octanol–water partition coefficient (Wildman–Crippen LogP) is -1.57. The minimum atomic E-state index is -0.311. The van der Waals surface area contributed by atoms with Crippen LogP contribution in [0.3, 0.4) is 0 Å². The number of hydrogen-bond donors (Lipinski definition) is 2. The third-order valence-electron chi connectivity index (χ3n) is 3.04. The quantitative estimate of drug-likeness (QED) is 0.289. The van der Waals surface area contributed by atoms with Crippen molar-refractivity contribution in [1.82, 2.24) is 10.2 Å². The first-order valence-corrected chi connectivity index (χ1v) is 7.88. The van der Waals surface area contributed by atoms with Crippen LogP contribution in [0.1, 0.15) is 6.42 Å². The molecule has 0 aromatic heterocycles. The zero-order valence-corrected chi connectivity index (χ0v) is 13.7. The van der Waals surface area contributed by atoms with Gasteiger partial charge >= 0.3 is 0 Å². The number of rotatable bonds is 14. The molecule has 3 amide bonds. The van der Waals surface area contributed by atoms with Crippen molar-refractivity contribution in [2.45, 2.75) is 6.42 Å². The first-order chi connectivity index (χ1) is 11.6. The summed E-state index contributed by atoms with van der Waals surface area (Å²) in [6.07, 6.45) is 2.78. The Bertz CT molecular complexity index is 423. The number of nitrogens with one attached hydrogen (secondary N) is 1. The van der Waals surface area contributed by atoms with Crippen LogP contribution < -0.4 is 11.1 Å². The number of nitrogens with zero attached hydrogens (tertiary/aromatic N) is 1. The zero-order valence-electron chi connectivity index (χ0n) is 13.7. The summed E-state index contributed by atoms with van der Waals surface area (Å²) in [7, 11) is 0. The normalized spacial score (nSPS) is 13.8. The SMILES string of the molecule is NCCNC(=O)CCOCCOCCOCCN1C(=O)C=CC1=O. The van der Waals surface area contributed by atoms with E-state index in [9.17, 15) is 14.4 Å². The fraction of sp³-hybridized carbons (Fsp3) is 0.667. The molecule has 0 aromatic carbocycles. The molecule has 136 valence electrons. The lowest BCUT2D eigenvalue weighted by atomic mass is 10.4. The van der Waals surface area contributed by atoms with Crippen LogP contribution in [-0.2, 0) is 28.6 Å². The number of amides is 3. The first kappa shape index (κ1) is 20.2. The average molecular weight is 343 g/mol. The molecule has 0 aliphatic carbocycles. The molecule has 1 aliphatic heterocycles. The number of hydrogen-bond acceptors (Lipinski definition) is 7. The number of imide groups is 1. The Labute approximate surface area is 141 Å². The lowest BCUT2D eigenvalue weighted by Crippen LogP contribution is -2.33. The van der Waals surface area contributed by atoms with Gasteiger partial charge in [0.1, 0.15) is 0 Å². The van der Waals surface area contributed by atoms with Crippen LogP contribution in [0.5, 0.6) is 0 Å². The fourth-order valence-electron chi connectivity index (χ4n) is 1.81. The second-order valence-corrected chi connectivity index (χ2v) is 4.89. The summed E-state index contributed by atoms with van der Waals surface area (Å²) in [6.45, 7) is 3.29. The monoisotopic (exact) mass is 343 g/mol. The van der Waals surface area contributed by atoms with Crippen molar-refractivity contribution < 1.29 is 28.6 Å². The smallest absolute Gasteiger partial charge is 0.253 e. The van der Waals surface area contributed by atoms with Crippen LogP contribution in [0, 0.1) is 0 Å². The van der Waals surface area contributed by atoms with Crippen molar-refractivity contribution in [3.05, 3.63) is 12.2 Å². The number of carbonyl (C=O) groups is 3. The van der Waals surface area contributed by atoms with Crippen molar-refractivity contribution >= 4 is 17.7 Å². The molecule has 1 heterocycles. The van der Waals surface area contributed by atoms with E-state index < -0.39 is 0 Å². The highest BCUT2D eigenvalue weighted by Gasteiger charge is 2.22. The Morgan fingerprint density at radius 2 is 1.50 bits per heavy atom. The van der Waals surface area contributed by atoms with Crippen LogP contribution in [-0.4, -0.2) is 81.9 Å². The van der Waals surface area contributed by atoms with Gasteiger partial charge in [0.05, 0.1) is 46.2 Å². The highest BCUT2D eigenvalue weighted by atomic mass is 16.5. The summed E-state index contributed by atoms with van der Waals surface area (Å²) in [5.41, 5.74) is 5.27. The van der Waals surface area contributed by atoms with E-state index in [2.05, 4.69) is 5.32 Å². The van der Waals surface area contributed by atoms with Gasteiger partial charge in [-0.3, -0.25) is 19.3 Å². The van der Waals surface area contributed by atoms with E-state index in [0.717, 1.165) is 4.90 Å². The number of ether oxygens (including phenoxy) is 3. The Kier molecular flexibility index (Phi) is 10.6. The molecular formula is C15H25N3O6. The van der Waals surface area contributed by atoms with Crippen molar-refractivity contribution in [2.24, 2.45) is 5.73 Å². The molecule has 0 saturated carbocycles. The van der Waals surface area contributed by atoms with E-state index in [-0.39, 0.29) is 30.9 Å². The van der Waals surface area contributed by atoms with Crippen LogP contribution in [0.4, 0.5) is 0 Å². The Morgan fingerprint density at radius 1 is 0.958 bits per heavy atom. The van der Waals surface area contributed by atoms with Crippen molar-refractivity contribution in [3.8, 4) is 0 Å². The van der Waals surface area contributed by atoms with E-state index in [4.69, 9.17) is 19.9 Å². The molecule has 0 spiro atoms. The third-order valence-corrected chi connectivity index (χ3v) is 3.04. The van der Waals surface area contributed by atoms with Gasteiger partial charge in [-0.05, 0) is 0 Å². The van der Waals surface area contributed by atoms with Gasteiger partial charge in [-0.2, -0.15) is 0 Å². The Balaban J connectivity index is 1.82. The van der Waals surface area contributed by atoms with Gasteiger partial charge in [-0.25, -0.2) is 0 Å². The molecule has 0 saturated heterocycles. The largest absolute Gasteiger partial charge is 0.379 e. The van der Waals surface area contributed by atoms with Crippen LogP contribution >= 0.6 is 0 Å². The van der Waals surface area contributed by atoms with E-state index in [0.29, 0.717) is 52.5 Å². The van der Waals surface area contributed by atoms with E-state index in [1.807, 2.05) is 0 Å². The highest BCUT2D eigenvalue weighted by molar-refractivity contribution is 6.12. The van der Waals surface area contributed by atoms with Crippen LogP contribution in [0.15, 0.2) is 12.2 Å². The standard InChI is InChI=1S/C15H25N3O6/c16-4-5-17-13(19)3-7-22-9-11-24-12-10-23-8-6-18-14(20)1-2-15(18)21/h1-2H,3-12,16H2,(H,17,19). The van der Waals surface area contributed by atoms with Gasteiger partial charge in [0.2, 0.25) is 5.91 Å². The average Bonchev–Trinajstić information content (AvgIpc) is 2.89. The number of nitrogens with two attached hydrogens (primary N) is 1. The summed E-state index contributed by atoms with van der Waals surface area (Å²) in [6, 6.07) is 0. The highest BCUT2D eigenvalue weighted by Crippen LogP contribution is 2.02. The zero-order chi connectivity index (χ0) is 17.6. The number of carbonyl (C=O) groups excluding carboxylic acids is 3. The summed E-state index contributed by atoms with van der Waals surface area (Å²) in [5.74, 6) is -0.706. The molecule has 0 unspecified atom stereocenters. The first-order valence-electron chi connectivity index (χ1n) is 7.88. The maximum absolute atomic E-state index is 11.3. The van der Waals surface area contributed by atoms with E-state index >= 15 is 0 Å². The molecule has 0 aromatic rings. The molecule has 0 radical (unpaired) electrons. The lowest BCUT2D eigenvalue weighted by Gasteiger charge is -2.13. The van der Waals surface area contributed by atoms with Gasteiger partial charge in [0, 0.05) is 31.7 Å². The maximum Gasteiger partial charge on any atom is 0.253 e. The fourth-order valence-corrected chi connectivity index (χ4v) is 1.81. The van der Waals surface area contributed by atoms with Crippen molar-refractivity contribution in [1.29, 1.82) is 0 Å². The molecular weight excluding hydrogens is 318 g/mol. The predicted molar refractivity (Wildman–Crippen MR) is 85.0 cm³/mol. The summed E-state index contributed by atoms with van der Waals surface area (Å²) in [5, 5.41) is 2.65. The van der Waals surface area contributed by atoms with Crippen LogP contribution in [0.2, 0.25) is 0 Å². The van der Waals surface area contributed by atoms with Gasteiger partial charge < -0.3 is 25.3 Å². The topological polar surface area (TPSA) is 120 Å². The second-order valence-electron chi connectivity index (χ2n) is 4.89. The Hall–Kier alpha value is -1.81. The molecule has 9 heteroatoms. The Morgan fingerprint density at radius 3 is 2.08 bits per heavy atom. The molecule has 1 aliphatic rings. The molecule has 24 heavy (non-hydrogen) atoms. The van der Waals surface area contributed by atoms with E-state index in [1.165, 1.54) is 12.2 Å². The van der Waals surface area contributed by atoms with Crippen molar-refractivity contribution in [2.75, 3.05) is 59.3 Å². The van der Waals surface area contributed by atoms with Crippen LogP contribution in [0.25, 0.3) is 0 Å². The maximum atomic E-state index is 11.3. The molecule has 0 atom stereocenters. The van der Waals surface area contributed by atoms with Gasteiger partial charge in [-0.1, -0.05) is 0 Å². The second kappa shape index (κ2) is 12.6. The van der Waals surface area contributed by atoms with Gasteiger partial charge in [-0.15, -0.1) is 0 Å². The molecule has 0 fully saturated rings. The lowest BCUT2D eigenvalue weighted by molar-refractivity contribution is -0.137. The van der Waals surface area contributed by atoms with E-state index in [1.54, 1.807) is 0 Å². The molecule has 1 rings (SSSR count). The molecule has 3 N–H and O–H groups in total. The van der Waals surface area contributed by atoms with Gasteiger partial charge in [0.25, 0.3) is 11.8 Å². The minimum Gasteiger partial charge on any atom is -0.379 e. The third kappa shape index (κ3) is 8.73.